The first-order valence-corrected chi connectivity index (χ1v) is 9.52. The Morgan fingerprint density at radius 2 is 2.08 bits per heavy atom. The first-order chi connectivity index (χ1) is 12.5. The third kappa shape index (κ3) is 4.55. The summed E-state index contributed by atoms with van der Waals surface area (Å²) in [6.45, 7) is 4.95. The molecule has 1 spiro atoms. The molecule has 0 aliphatic carbocycles. The molecule has 0 bridgehead atoms. The number of likely N-dealkylation sites (tertiary alicyclic amines) is 1. The van der Waals surface area contributed by atoms with E-state index < -0.39 is 12.0 Å². The van der Waals surface area contributed by atoms with Crippen LogP contribution in [0.1, 0.15) is 24.8 Å². The Hall–Kier alpha value is -1.63. The van der Waals surface area contributed by atoms with E-state index in [-0.39, 0.29) is 5.41 Å². The minimum Gasteiger partial charge on any atom is -0.492 e. The van der Waals surface area contributed by atoms with Gasteiger partial charge < -0.3 is 20.1 Å². The van der Waals surface area contributed by atoms with E-state index >= 15 is 0 Å². The van der Waals surface area contributed by atoms with Gasteiger partial charge in [0, 0.05) is 25.2 Å². The predicted octanol–water partition coefficient (Wildman–Crippen LogP) is 1.66. The van der Waals surface area contributed by atoms with Crippen molar-refractivity contribution in [1.29, 1.82) is 0 Å². The van der Waals surface area contributed by atoms with Gasteiger partial charge in [0.2, 0.25) is 0 Å². The molecule has 0 aromatic heterocycles. The first-order valence-electron chi connectivity index (χ1n) is 9.52. The van der Waals surface area contributed by atoms with Gasteiger partial charge in [-0.3, -0.25) is 9.69 Å². The molecule has 0 radical (unpaired) electrons. The number of carbonyl (C=O) groups is 1. The molecule has 2 heterocycles. The van der Waals surface area contributed by atoms with Gasteiger partial charge >= 0.3 is 5.97 Å². The zero-order valence-corrected chi connectivity index (χ0v) is 15.9. The Kier molecular flexibility index (Phi) is 6.16. The van der Waals surface area contributed by atoms with Crippen LogP contribution in [-0.4, -0.2) is 73.8 Å². The molecule has 1 atom stereocenters. The maximum absolute atomic E-state index is 11.9. The number of aliphatic carboxylic acids is 1. The average Bonchev–Trinajstić information content (AvgIpc) is 2.95. The van der Waals surface area contributed by atoms with Crippen LogP contribution in [0.5, 0.6) is 5.75 Å². The lowest BCUT2D eigenvalue weighted by Crippen LogP contribution is -2.38. The number of hydrogen-bond acceptors (Lipinski definition) is 5. The van der Waals surface area contributed by atoms with Crippen LogP contribution >= 0.6 is 0 Å². The highest BCUT2D eigenvalue weighted by atomic mass is 16.5. The molecule has 0 unspecified atom stereocenters. The van der Waals surface area contributed by atoms with Gasteiger partial charge in [0.05, 0.1) is 0 Å². The summed E-state index contributed by atoms with van der Waals surface area (Å²) in [6.07, 6.45) is 2.89. The van der Waals surface area contributed by atoms with Crippen LogP contribution in [-0.2, 0) is 11.3 Å². The van der Waals surface area contributed by atoms with E-state index in [9.17, 15) is 9.90 Å². The zero-order chi connectivity index (χ0) is 18.6. The second kappa shape index (κ2) is 8.37. The molecule has 2 aliphatic heterocycles. The summed E-state index contributed by atoms with van der Waals surface area (Å²) < 4.78 is 5.97. The molecule has 2 aliphatic rings. The zero-order valence-electron chi connectivity index (χ0n) is 15.9. The summed E-state index contributed by atoms with van der Waals surface area (Å²) in [6, 6.07) is 7.61. The third-order valence-electron chi connectivity index (χ3n) is 5.70. The van der Waals surface area contributed by atoms with Gasteiger partial charge in [0.15, 0.2) is 0 Å². The normalized spacial score (nSPS) is 22.8. The van der Waals surface area contributed by atoms with Gasteiger partial charge in [-0.15, -0.1) is 0 Å². The van der Waals surface area contributed by atoms with E-state index in [4.69, 9.17) is 4.74 Å². The number of nitrogens with one attached hydrogen (secondary N) is 1. The SMILES string of the molecule is CN(C)CCOc1ccccc1CN1CC2(CCNCC2)C[C@H]1C(=O)O. The number of likely N-dealkylation sites (N-methyl/N-ethyl adjacent to an activating group) is 1. The monoisotopic (exact) mass is 361 g/mol. The summed E-state index contributed by atoms with van der Waals surface area (Å²) in [5, 5.41) is 13.1. The smallest absolute Gasteiger partial charge is 0.320 e. The van der Waals surface area contributed by atoms with Crippen molar-refractivity contribution in [2.45, 2.75) is 31.8 Å². The van der Waals surface area contributed by atoms with Crippen molar-refractivity contribution in [3.05, 3.63) is 29.8 Å². The molecule has 2 N–H and O–H groups in total. The van der Waals surface area contributed by atoms with Crippen molar-refractivity contribution in [1.82, 2.24) is 15.1 Å². The van der Waals surface area contributed by atoms with Crippen LogP contribution in [0, 0.1) is 5.41 Å². The van der Waals surface area contributed by atoms with Gasteiger partial charge in [-0.1, -0.05) is 18.2 Å². The van der Waals surface area contributed by atoms with Crippen molar-refractivity contribution < 1.29 is 14.6 Å². The van der Waals surface area contributed by atoms with Crippen molar-refractivity contribution in [2.24, 2.45) is 5.41 Å². The molecule has 6 nitrogen and oxygen atoms in total. The molecule has 6 heteroatoms. The Morgan fingerprint density at radius 3 is 2.77 bits per heavy atom. The average molecular weight is 361 g/mol. The van der Waals surface area contributed by atoms with Gasteiger partial charge in [0.25, 0.3) is 0 Å². The highest BCUT2D eigenvalue weighted by Crippen LogP contribution is 2.43. The first kappa shape index (κ1) is 19.1. The van der Waals surface area contributed by atoms with Crippen LogP contribution in [0.3, 0.4) is 0 Å². The quantitative estimate of drug-likeness (QED) is 0.770. The number of benzene rings is 1. The molecular formula is C20H31N3O3. The number of ether oxygens (including phenoxy) is 1. The van der Waals surface area contributed by atoms with Crippen molar-refractivity contribution in [3.8, 4) is 5.75 Å². The maximum atomic E-state index is 11.9. The molecule has 1 aromatic carbocycles. The predicted molar refractivity (Wildman–Crippen MR) is 101 cm³/mol. The summed E-state index contributed by atoms with van der Waals surface area (Å²) >= 11 is 0. The Morgan fingerprint density at radius 1 is 1.35 bits per heavy atom. The highest BCUT2D eigenvalue weighted by molar-refractivity contribution is 5.74. The molecular weight excluding hydrogens is 330 g/mol. The van der Waals surface area contributed by atoms with Crippen LogP contribution in [0.2, 0.25) is 0 Å². The molecule has 26 heavy (non-hydrogen) atoms. The summed E-state index contributed by atoms with van der Waals surface area (Å²) in [5.74, 6) is 0.163. The third-order valence-corrected chi connectivity index (χ3v) is 5.70. The number of carboxylic acids is 1. The Balaban J connectivity index is 1.71. The fourth-order valence-corrected chi connectivity index (χ4v) is 4.21. The van der Waals surface area contributed by atoms with E-state index in [2.05, 4.69) is 21.2 Å². The van der Waals surface area contributed by atoms with Crippen molar-refractivity contribution >= 4 is 5.97 Å². The molecule has 3 rings (SSSR count). The molecule has 0 saturated carbocycles. The second-order valence-corrected chi connectivity index (χ2v) is 7.97. The molecule has 144 valence electrons. The molecule has 1 aromatic rings. The van der Waals surface area contributed by atoms with Crippen molar-refractivity contribution in [3.63, 3.8) is 0 Å². The van der Waals surface area contributed by atoms with E-state index in [1.165, 1.54) is 0 Å². The number of nitrogens with zero attached hydrogens (tertiary/aromatic N) is 2. The fraction of sp³-hybridized carbons (Fsp3) is 0.650. The van der Waals surface area contributed by atoms with E-state index in [1.807, 2.05) is 32.3 Å². The molecule has 2 saturated heterocycles. The van der Waals surface area contributed by atoms with Crippen LogP contribution in [0.4, 0.5) is 0 Å². The van der Waals surface area contributed by atoms with E-state index in [0.717, 1.165) is 56.8 Å². The molecule has 2 fully saturated rings. The second-order valence-electron chi connectivity index (χ2n) is 7.97. The summed E-state index contributed by atoms with van der Waals surface area (Å²) in [7, 11) is 4.05. The van der Waals surface area contributed by atoms with Crippen LogP contribution in [0.25, 0.3) is 0 Å². The van der Waals surface area contributed by atoms with E-state index in [0.29, 0.717) is 13.2 Å². The maximum Gasteiger partial charge on any atom is 0.320 e. The lowest BCUT2D eigenvalue weighted by atomic mass is 9.77. The standard InChI is InChI=1S/C20H31N3O3/c1-22(2)11-12-26-18-6-4-3-5-16(18)14-23-15-20(7-9-21-10-8-20)13-17(23)19(24)25/h3-6,17,21H,7-15H2,1-2H3,(H,24,25)/t17-/m0/s1. The van der Waals surface area contributed by atoms with Crippen molar-refractivity contribution in [2.75, 3.05) is 46.9 Å². The Bertz CT molecular complexity index is 614. The lowest BCUT2D eigenvalue weighted by molar-refractivity contribution is -0.142. The van der Waals surface area contributed by atoms with Gasteiger partial charge in [-0.05, 0) is 57.9 Å². The Labute approximate surface area is 156 Å². The number of carboxylic acid groups (broad SMARTS) is 1. The molecule has 0 amide bonds. The van der Waals surface area contributed by atoms with Gasteiger partial charge in [0.1, 0.15) is 18.4 Å². The largest absolute Gasteiger partial charge is 0.492 e. The van der Waals surface area contributed by atoms with Gasteiger partial charge in [-0.25, -0.2) is 0 Å². The van der Waals surface area contributed by atoms with Gasteiger partial charge in [-0.2, -0.15) is 0 Å². The van der Waals surface area contributed by atoms with E-state index in [1.54, 1.807) is 0 Å². The minimum absolute atomic E-state index is 0.148. The van der Waals surface area contributed by atoms with Crippen LogP contribution in [0.15, 0.2) is 24.3 Å². The fourth-order valence-electron chi connectivity index (χ4n) is 4.21. The number of piperidine rings is 1. The topological polar surface area (TPSA) is 65.0 Å². The summed E-state index contributed by atoms with van der Waals surface area (Å²) in [5.41, 5.74) is 1.22. The lowest BCUT2D eigenvalue weighted by Gasteiger charge is -2.33. The summed E-state index contributed by atoms with van der Waals surface area (Å²) in [4.78, 5) is 16.1. The van der Waals surface area contributed by atoms with Crippen LogP contribution < -0.4 is 10.1 Å². The highest BCUT2D eigenvalue weighted by Gasteiger charge is 2.47. The number of rotatable bonds is 7. The number of para-hydroxylation sites is 1. The number of hydrogen-bond donors (Lipinski definition) is 2. The minimum atomic E-state index is -0.702.